The van der Waals surface area contributed by atoms with Gasteiger partial charge in [0.1, 0.15) is 5.60 Å². The third-order valence-corrected chi connectivity index (χ3v) is 6.24. The lowest BCUT2D eigenvalue weighted by Gasteiger charge is -2.13. The highest BCUT2D eigenvalue weighted by Gasteiger charge is 2.24. The number of amides is 1. The minimum Gasteiger partial charge on any atom is -0.384 e. The summed E-state index contributed by atoms with van der Waals surface area (Å²) in [6, 6.07) is 21.1. The van der Waals surface area contributed by atoms with Crippen LogP contribution in [0.15, 0.2) is 66.7 Å². The van der Waals surface area contributed by atoms with Crippen LogP contribution in [0.4, 0.5) is 5.69 Å². The third-order valence-electron chi connectivity index (χ3n) is 4.78. The Bertz CT molecular complexity index is 1250. The Morgan fingerprint density at radius 2 is 1.74 bits per heavy atom. The fourth-order valence-corrected chi connectivity index (χ4v) is 4.54. The van der Waals surface area contributed by atoms with Crippen molar-refractivity contribution in [3.05, 3.63) is 77.4 Å². The first-order chi connectivity index (χ1) is 14.7. The second kappa shape index (κ2) is 8.30. The van der Waals surface area contributed by atoms with Gasteiger partial charge < -0.3 is 10.4 Å². The molecule has 31 heavy (non-hydrogen) atoms. The lowest BCUT2D eigenvalue weighted by Crippen LogP contribution is -2.16. The van der Waals surface area contributed by atoms with E-state index < -0.39 is 5.60 Å². The lowest BCUT2D eigenvalue weighted by atomic mass is 10.1. The monoisotopic (exact) mass is 451 g/mol. The maximum absolute atomic E-state index is 11.6. The van der Waals surface area contributed by atoms with Crippen LogP contribution in [-0.4, -0.2) is 20.8 Å². The quantitative estimate of drug-likeness (QED) is 0.385. The Labute approximate surface area is 189 Å². The normalized spacial score (nSPS) is 11.5. The maximum Gasteiger partial charge on any atom is 0.221 e. The zero-order valence-corrected chi connectivity index (χ0v) is 19.0. The van der Waals surface area contributed by atoms with E-state index in [0.29, 0.717) is 10.7 Å². The highest BCUT2D eigenvalue weighted by Crippen LogP contribution is 2.40. The number of aromatic nitrogens is 2. The molecule has 0 unspecified atom stereocenters. The smallest absolute Gasteiger partial charge is 0.221 e. The van der Waals surface area contributed by atoms with Gasteiger partial charge in [-0.2, -0.15) is 5.10 Å². The Morgan fingerprint density at radius 1 is 1.06 bits per heavy atom. The molecule has 5 nitrogen and oxygen atoms in total. The molecule has 0 aliphatic rings. The number of para-hydroxylation sites is 2. The van der Waals surface area contributed by atoms with Crippen LogP contribution in [0.1, 0.15) is 26.5 Å². The number of carbonyl (C=O) groups excluding carboxylic acids is 1. The summed E-state index contributed by atoms with van der Waals surface area (Å²) in [7, 11) is 0. The molecule has 7 heteroatoms. The molecule has 0 spiro atoms. The van der Waals surface area contributed by atoms with E-state index in [2.05, 4.69) is 10.4 Å². The predicted molar refractivity (Wildman–Crippen MR) is 127 cm³/mol. The van der Waals surface area contributed by atoms with Crippen LogP contribution in [0.3, 0.4) is 0 Å². The van der Waals surface area contributed by atoms with E-state index in [9.17, 15) is 9.90 Å². The standard InChI is InChI=1S/C24H22ClN3O2S/c1-15(29)26-18-10-6-4-8-16(18)21-12-13-22(31-21)20-14-23(24(2,3)30)27-28(20)19-11-7-5-9-17(19)25/h4-14,30H,1-3H3,(H,26,29). The maximum atomic E-state index is 11.6. The van der Waals surface area contributed by atoms with Crippen molar-refractivity contribution in [2.75, 3.05) is 5.32 Å². The Kier molecular flexibility index (Phi) is 5.71. The molecule has 4 rings (SSSR count). The van der Waals surface area contributed by atoms with Crippen molar-refractivity contribution >= 4 is 34.5 Å². The van der Waals surface area contributed by atoms with Crippen LogP contribution in [0.25, 0.3) is 26.7 Å². The van der Waals surface area contributed by atoms with E-state index >= 15 is 0 Å². The zero-order valence-electron chi connectivity index (χ0n) is 17.4. The molecule has 0 aliphatic carbocycles. The minimum absolute atomic E-state index is 0.115. The number of nitrogens with zero attached hydrogens (tertiary/aromatic N) is 2. The number of anilines is 1. The SMILES string of the molecule is CC(=O)Nc1ccccc1-c1ccc(-c2cc(C(C)(C)O)nn2-c2ccccc2Cl)s1. The number of nitrogens with one attached hydrogen (secondary N) is 1. The molecule has 2 aromatic carbocycles. The molecule has 0 bridgehead atoms. The second-order valence-corrected chi connectivity index (χ2v) is 9.22. The Morgan fingerprint density at radius 3 is 2.45 bits per heavy atom. The van der Waals surface area contributed by atoms with Crippen LogP contribution >= 0.6 is 22.9 Å². The molecule has 2 heterocycles. The molecule has 0 aliphatic heterocycles. The average Bonchev–Trinajstić information content (AvgIpc) is 3.35. The highest BCUT2D eigenvalue weighted by molar-refractivity contribution is 7.18. The van der Waals surface area contributed by atoms with Gasteiger partial charge in [-0.25, -0.2) is 4.68 Å². The minimum atomic E-state index is -1.10. The first-order valence-corrected chi connectivity index (χ1v) is 11.0. The first kappa shape index (κ1) is 21.3. The molecule has 1 amide bonds. The van der Waals surface area contributed by atoms with E-state index in [-0.39, 0.29) is 5.91 Å². The molecule has 0 saturated heterocycles. The summed E-state index contributed by atoms with van der Waals surface area (Å²) < 4.78 is 1.77. The fourth-order valence-electron chi connectivity index (χ4n) is 3.28. The van der Waals surface area contributed by atoms with E-state index in [1.165, 1.54) is 6.92 Å². The van der Waals surface area contributed by atoms with Gasteiger partial charge >= 0.3 is 0 Å². The van der Waals surface area contributed by atoms with Gasteiger partial charge in [0.2, 0.25) is 5.91 Å². The summed E-state index contributed by atoms with van der Waals surface area (Å²) in [5.41, 5.74) is 2.73. The zero-order chi connectivity index (χ0) is 22.2. The number of hydrogen-bond acceptors (Lipinski definition) is 4. The Balaban J connectivity index is 1.84. The van der Waals surface area contributed by atoms with Crippen molar-refractivity contribution in [2.45, 2.75) is 26.4 Å². The largest absolute Gasteiger partial charge is 0.384 e. The Hall–Kier alpha value is -2.93. The molecular formula is C24H22ClN3O2S. The summed E-state index contributed by atoms with van der Waals surface area (Å²) in [4.78, 5) is 13.6. The number of halogens is 1. The molecule has 0 radical (unpaired) electrons. The number of rotatable bonds is 5. The molecule has 2 N–H and O–H groups in total. The van der Waals surface area contributed by atoms with Crippen LogP contribution in [0.2, 0.25) is 5.02 Å². The van der Waals surface area contributed by atoms with Gasteiger partial charge in [0.15, 0.2) is 0 Å². The predicted octanol–water partition coefficient (Wildman–Crippen LogP) is 6.11. The van der Waals surface area contributed by atoms with Crippen molar-refractivity contribution in [1.82, 2.24) is 9.78 Å². The van der Waals surface area contributed by atoms with E-state index in [1.807, 2.05) is 66.7 Å². The highest BCUT2D eigenvalue weighted by atomic mass is 35.5. The van der Waals surface area contributed by atoms with E-state index in [0.717, 1.165) is 32.4 Å². The summed E-state index contributed by atoms with van der Waals surface area (Å²) in [6.45, 7) is 4.91. The number of carbonyl (C=O) groups is 1. The summed E-state index contributed by atoms with van der Waals surface area (Å²) >= 11 is 8.03. The van der Waals surface area contributed by atoms with Crippen molar-refractivity contribution in [3.63, 3.8) is 0 Å². The van der Waals surface area contributed by atoms with E-state index in [4.69, 9.17) is 11.6 Å². The number of benzene rings is 2. The molecule has 0 fully saturated rings. The summed E-state index contributed by atoms with van der Waals surface area (Å²) in [5.74, 6) is -0.115. The van der Waals surface area contributed by atoms with Gasteiger partial charge in [0.05, 0.1) is 27.0 Å². The van der Waals surface area contributed by atoms with Gasteiger partial charge in [-0.15, -0.1) is 11.3 Å². The van der Waals surface area contributed by atoms with Gasteiger partial charge in [0.25, 0.3) is 0 Å². The van der Waals surface area contributed by atoms with Gasteiger partial charge in [-0.05, 0) is 50.2 Å². The van der Waals surface area contributed by atoms with Crippen LogP contribution < -0.4 is 5.32 Å². The van der Waals surface area contributed by atoms with Crippen LogP contribution in [0, 0.1) is 0 Å². The molecule has 0 atom stereocenters. The van der Waals surface area contributed by atoms with Gasteiger partial charge in [-0.1, -0.05) is 41.9 Å². The average molecular weight is 452 g/mol. The van der Waals surface area contributed by atoms with Gasteiger partial charge in [0, 0.05) is 23.1 Å². The summed E-state index contributed by atoms with van der Waals surface area (Å²) in [6.07, 6.45) is 0. The van der Waals surface area contributed by atoms with Crippen molar-refractivity contribution in [1.29, 1.82) is 0 Å². The molecule has 4 aromatic rings. The van der Waals surface area contributed by atoms with E-state index in [1.54, 1.807) is 29.9 Å². The first-order valence-electron chi connectivity index (χ1n) is 9.79. The number of aliphatic hydroxyl groups is 1. The van der Waals surface area contributed by atoms with Gasteiger partial charge in [-0.3, -0.25) is 4.79 Å². The lowest BCUT2D eigenvalue weighted by molar-refractivity contribution is -0.114. The third kappa shape index (κ3) is 4.42. The summed E-state index contributed by atoms with van der Waals surface area (Å²) in [5, 5.41) is 18.7. The number of thiophene rings is 1. The molecule has 158 valence electrons. The number of hydrogen-bond donors (Lipinski definition) is 2. The van der Waals surface area contributed by atoms with Crippen molar-refractivity contribution in [2.24, 2.45) is 0 Å². The molecule has 2 aromatic heterocycles. The fraction of sp³-hybridized carbons (Fsp3) is 0.167. The second-order valence-electron chi connectivity index (χ2n) is 7.73. The van der Waals surface area contributed by atoms with Crippen LogP contribution in [-0.2, 0) is 10.4 Å². The van der Waals surface area contributed by atoms with Crippen molar-refractivity contribution < 1.29 is 9.90 Å². The van der Waals surface area contributed by atoms with Crippen LogP contribution in [0.5, 0.6) is 0 Å². The molecule has 0 saturated carbocycles. The molecular weight excluding hydrogens is 430 g/mol. The van der Waals surface area contributed by atoms with Crippen molar-refractivity contribution in [3.8, 4) is 26.7 Å². The topological polar surface area (TPSA) is 67.2 Å².